The molecule has 3 N–H and O–H groups in total. The first-order valence-corrected chi connectivity index (χ1v) is 9.95. The maximum absolute atomic E-state index is 12.5. The van der Waals surface area contributed by atoms with Crippen molar-refractivity contribution in [3.63, 3.8) is 0 Å². The molecule has 1 atom stereocenters. The summed E-state index contributed by atoms with van der Waals surface area (Å²) in [4.78, 5) is 31.1. The van der Waals surface area contributed by atoms with Crippen molar-refractivity contribution in [1.29, 1.82) is 0 Å². The number of amides is 1. The van der Waals surface area contributed by atoms with Crippen LogP contribution in [0, 0.1) is 4.77 Å². The second kappa shape index (κ2) is 8.57. The number of hydrogen-bond acceptors (Lipinski definition) is 5. The first-order chi connectivity index (χ1) is 13.8. The second-order valence-electron chi connectivity index (χ2n) is 6.99. The van der Waals surface area contributed by atoms with Gasteiger partial charge in [0.25, 0.3) is 5.56 Å². The lowest BCUT2D eigenvalue weighted by Gasteiger charge is -2.17. The van der Waals surface area contributed by atoms with Crippen molar-refractivity contribution in [2.45, 2.75) is 39.7 Å². The van der Waals surface area contributed by atoms with E-state index in [1.807, 2.05) is 38.1 Å². The number of hydrogen-bond donors (Lipinski definition) is 3. The summed E-state index contributed by atoms with van der Waals surface area (Å²) >= 11 is 5.23. The fourth-order valence-corrected chi connectivity index (χ4v) is 3.68. The Morgan fingerprint density at radius 2 is 2.14 bits per heavy atom. The lowest BCUT2D eigenvalue weighted by atomic mass is 10.1. The lowest BCUT2D eigenvalue weighted by Crippen LogP contribution is -2.25. The summed E-state index contributed by atoms with van der Waals surface area (Å²) in [5.74, 6) is -0.281. The van der Waals surface area contributed by atoms with Crippen LogP contribution >= 0.6 is 12.2 Å². The van der Waals surface area contributed by atoms with Gasteiger partial charge in [0, 0.05) is 24.7 Å². The molecule has 0 unspecified atom stereocenters. The zero-order chi connectivity index (χ0) is 21.1. The Kier molecular flexibility index (Phi) is 6.12. The average Bonchev–Trinajstić information content (AvgIpc) is 3.02. The van der Waals surface area contributed by atoms with E-state index in [1.165, 1.54) is 6.92 Å². The number of nitrogens with one attached hydrogen (secondary N) is 2. The van der Waals surface area contributed by atoms with Gasteiger partial charge in [0.05, 0.1) is 11.1 Å². The molecule has 3 rings (SSSR count). The van der Waals surface area contributed by atoms with Gasteiger partial charge in [-0.1, -0.05) is 25.1 Å². The molecule has 152 valence electrons. The molecular weight excluding hydrogens is 388 g/mol. The van der Waals surface area contributed by atoms with Gasteiger partial charge in [-0.15, -0.1) is 0 Å². The third kappa shape index (κ3) is 4.22. The van der Waals surface area contributed by atoms with Crippen molar-refractivity contribution >= 4 is 29.8 Å². The fourth-order valence-electron chi connectivity index (χ4n) is 3.32. The molecule has 1 aromatic heterocycles. The molecule has 29 heavy (non-hydrogen) atoms. The predicted octanol–water partition coefficient (Wildman–Crippen LogP) is 1.93. The molecule has 1 aliphatic rings. The molecule has 0 radical (unpaired) electrons. The van der Waals surface area contributed by atoms with Crippen LogP contribution in [0.2, 0.25) is 0 Å². The van der Waals surface area contributed by atoms with E-state index in [4.69, 9.17) is 12.2 Å². The topological polar surface area (TPSA) is 99.5 Å². The molecule has 0 saturated carbocycles. The highest BCUT2D eigenvalue weighted by Crippen LogP contribution is 2.26. The summed E-state index contributed by atoms with van der Waals surface area (Å²) in [5, 5.41) is 15.3. The SMILES string of the molecule is CC[C@@H](C)n1c(O)c(C=C2N=c3ccccc3=C2CCNC(C)=O)c(=O)[nH]c1=S. The fraction of sp³-hybridized carbons (Fsp3) is 0.333. The van der Waals surface area contributed by atoms with Gasteiger partial charge in [0.1, 0.15) is 5.56 Å². The normalized spacial score (nSPS) is 15.1. The number of carbonyl (C=O) groups is 1. The third-order valence-electron chi connectivity index (χ3n) is 4.99. The van der Waals surface area contributed by atoms with Gasteiger partial charge in [-0.3, -0.25) is 19.1 Å². The number of aromatic amines is 1. The molecule has 2 aromatic rings. The first kappa shape index (κ1) is 20.7. The highest BCUT2D eigenvalue weighted by Gasteiger charge is 2.18. The van der Waals surface area contributed by atoms with Gasteiger partial charge >= 0.3 is 0 Å². The monoisotopic (exact) mass is 412 g/mol. The van der Waals surface area contributed by atoms with Gasteiger partial charge in [-0.25, -0.2) is 4.99 Å². The Labute approximate surface area is 173 Å². The van der Waals surface area contributed by atoms with Crippen LogP contribution in [0.25, 0.3) is 11.6 Å². The van der Waals surface area contributed by atoms with Crippen molar-refractivity contribution in [2.24, 2.45) is 4.99 Å². The predicted molar refractivity (Wildman–Crippen MR) is 114 cm³/mol. The second-order valence-corrected chi connectivity index (χ2v) is 7.38. The van der Waals surface area contributed by atoms with Crippen molar-refractivity contribution in [3.05, 3.63) is 61.2 Å². The molecule has 0 fully saturated rings. The smallest absolute Gasteiger partial charge is 0.262 e. The minimum atomic E-state index is -0.466. The minimum Gasteiger partial charge on any atom is -0.494 e. The number of benzene rings is 1. The summed E-state index contributed by atoms with van der Waals surface area (Å²) in [6.45, 7) is 5.82. The van der Waals surface area contributed by atoms with E-state index in [9.17, 15) is 14.7 Å². The van der Waals surface area contributed by atoms with E-state index in [0.717, 1.165) is 22.6 Å². The van der Waals surface area contributed by atoms with Crippen molar-refractivity contribution < 1.29 is 9.90 Å². The zero-order valence-electron chi connectivity index (χ0n) is 16.7. The molecule has 7 nitrogen and oxygen atoms in total. The molecular formula is C21H24N4O3S. The summed E-state index contributed by atoms with van der Waals surface area (Å²) < 4.78 is 1.73. The van der Waals surface area contributed by atoms with Crippen LogP contribution in [0.3, 0.4) is 0 Å². The number of rotatable bonds is 6. The van der Waals surface area contributed by atoms with Gasteiger partial charge < -0.3 is 10.4 Å². The first-order valence-electron chi connectivity index (χ1n) is 9.54. The number of H-pyrrole nitrogens is 1. The minimum absolute atomic E-state index is 0.0718. The quantitative estimate of drug-likeness (QED) is 0.632. The van der Waals surface area contributed by atoms with Crippen molar-refractivity contribution in [2.75, 3.05) is 6.54 Å². The average molecular weight is 413 g/mol. The summed E-state index contributed by atoms with van der Waals surface area (Å²) in [6.07, 6.45) is 2.88. The number of allylic oxidation sites excluding steroid dienone is 1. The van der Waals surface area contributed by atoms with E-state index in [1.54, 1.807) is 10.6 Å². The number of aromatic nitrogens is 2. The lowest BCUT2D eigenvalue weighted by molar-refractivity contribution is -0.118. The highest BCUT2D eigenvalue weighted by atomic mass is 32.1. The largest absolute Gasteiger partial charge is 0.494 e. The van der Waals surface area contributed by atoms with Crippen LogP contribution in [0.15, 0.2) is 39.7 Å². The number of aromatic hydroxyl groups is 1. The van der Waals surface area contributed by atoms with Crippen LogP contribution in [0.1, 0.15) is 45.2 Å². The van der Waals surface area contributed by atoms with Crippen molar-refractivity contribution in [1.82, 2.24) is 14.9 Å². The zero-order valence-corrected chi connectivity index (χ0v) is 17.5. The van der Waals surface area contributed by atoms with E-state index >= 15 is 0 Å². The number of fused-ring (bicyclic) bond motifs is 1. The Morgan fingerprint density at radius 1 is 1.41 bits per heavy atom. The molecule has 1 amide bonds. The molecule has 0 aliphatic carbocycles. The maximum atomic E-state index is 12.5. The van der Waals surface area contributed by atoms with Crippen LogP contribution in [-0.2, 0) is 4.79 Å². The van der Waals surface area contributed by atoms with Gasteiger partial charge in [-0.2, -0.15) is 0 Å². The summed E-state index contributed by atoms with van der Waals surface area (Å²) in [7, 11) is 0. The van der Waals surface area contributed by atoms with E-state index in [-0.39, 0.29) is 28.2 Å². The van der Waals surface area contributed by atoms with Crippen LogP contribution in [-0.4, -0.2) is 27.1 Å². The summed E-state index contributed by atoms with van der Waals surface area (Å²) in [6, 6.07) is 7.59. The van der Waals surface area contributed by atoms with Crippen LogP contribution < -0.4 is 21.5 Å². The van der Waals surface area contributed by atoms with Gasteiger partial charge in [0.2, 0.25) is 11.8 Å². The molecule has 8 heteroatoms. The standard InChI is InChI=1S/C21H24N4O3S/c1-4-12(2)25-20(28)16(19(27)24-21(25)29)11-18-15(9-10-22-13(3)26)14-7-5-6-8-17(14)23-18/h5-8,11-12,28H,4,9-10H2,1-3H3,(H,22,26)(H,24,27,29)/t12-/m1/s1. The van der Waals surface area contributed by atoms with Gasteiger partial charge in [-0.05, 0) is 49.7 Å². The Balaban J connectivity index is 2.15. The highest BCUT2D eigenvalue weighted by molar-refractivity contribution is 7.71. The molecule has 0 spiro atoms. The van der Waals surface area contributed by atoms with E-state index < -0.39 is 5.56 Å². The number of nitrogens with zero attached hydrogens (tertiary/aromatic N) is 2. The Bertz CT molecular complexity index is 1220. The summed E-state index contributed by atoms with van der Waals surface area (Å²) in [5.41, 5.74) is 1.14. The van der Waals surface area contributed by atoms with Crippen LogP contribution in [0.5, 0.6) is 5.88 Å². The van der Waals surface area contributed by atoms with E-state index in [2.05, 4.69) is 15.3 Å². The number of carbonyl (C=O) groups excluding carboxylic acids is 1. The van der Waals surface area contributed by atoms with Crippen LogP contribution in [0.4, 0.5) is 0 Å². The maximum Gasteiger partial charge on any atom is 0.262 e. The molecule has 0 saturated heterocycles. The third-order valence-corrected chi connectivity index (χ3v) is 5.29. The van der Waals surface area contributed by atoms with Gasteiger partial charge in [0.15, 0.2) is 4.77 Å². The molecule has 0 bridgehead atoms. The molecule has 1 aromatic carbocycles. The molecule has 2 heterocycles. The molecule has 1 aliphatic heterocycles. The Hall–Kier alpha value is -3.00. The number of para-hydroxylation sites is 1. The Morgan fingerprint density at radius 3 is 2.83 bits per heavy atom. The van der Waals surface area contributed by atoms with Crippen molar-refractivity contribution in [3.8, 4) is 5.88 Å². The van der Waals surface area contributed by atoms with E-state index in [0.29, 0.717) is 18.7 Å².